The standard InChI is InChI=1S/C23H31ClN2S/c24-14-23-11-15-10-22(13-23,16-4-2-1-3-5-16)12-19(23)20(15)21(27)26-18-8-6-17(25)7-9-18/h1-5,15,17-20H,6-14,25H2,(H,26,27). The summed E-state index contributed by atoms with van der Waals surface area (Å²) >= 11 is 12.7. The van der Waals surface area contributed by atoms with E-state index in [0.717, 1.165) is 36.6 Å². The molecule has 0 aliphatic heterocycles. The van der Waals surface area contributed by atoms with Gasteiger partial charge in [0.2, 0.25) is 0 Å². The molecular formula is C23H31ClN2S. The number of halogens is 1. The molecule has 5 atom stereocenters. The van der Waals surface area contributed by atoms with Crippen molar-refractivity contribution in [1.82, 2.24) is 5.32 Å². The van der Waals surface area contributed by atoms with Gasteiger partial charge >= 0.3 is 0 Å². The zero-order valence-corrected chi connectivity index (χ0v) is 17.6. The maximum absolute atomic E-state index is 6.64. The lowest BCUT2D eigenvalue weighted by atomic mass is 9.62. The first-order chi connectivity index (χ1) is 13.1. The Kier molecular flexibility index (Phi) is 4.57. The van der Waals surface area contributed by atoms with Crippen LogP contribution in [0.25, 0.3) is 0 Å². The maximum atomic E-state index is 6.64. The van der Waals surface area contributed by atoms with E-state index in [1.54, 1.807) is 0 Å². The first-order valence-corrected chi connectivity index (χ1v) is 11.7. The van der Waals surface area contributed by atoms with E-state index in [1.807, 2.05) is 0 Å². The van der Waals surface area contributed by atoms with Crippen molar-refractivity contribution in [3.63, 3.8) is 0 Å². The normalized spacial score (nSPS) is 45.2. The van der Waals surface area contributed by atoms with E-state index in [1.165, 1.54) is 31.2 Å². The van der Waals surface area contributed by atoms with Crippen molar-refractivity contribution in [3.8, 4) is 0 Å². The predicted molar refractivity (Wildman–Crippen MR) is 116 cm³/mol. The van der Waals surface area contributed by atoms with Crippen LogP contribution < -0.4 is 11.1 Å². The minimum Gasteiger partial charge on any atom is -0.377 e. The van der Waals surface area contributed by atoms with Crippen LogP contribution >= 0.6 is 23.8 Å². The highest BCUT2D eigenvalue weighted by molar-refractivity contribution is 7.80. The molecule has 0 aromatic heterocycles. The Hall–Kier alpha value is -0.640. The highest BCUT2D eigenvalue weighted by Gasteiger charge is 2.68. The van der Waals surface area contributed by atoms with Crippen molar-refractivity contribution in [1.29, 1.82) is 0 Å². The lowest BCUT2D eigenvalue weighted by Crippen LogP contribution is -2.46. The van der Waals surface area contributed by atoms with Gasteiger partial charge in [0, 0.05) is 23.9 Å². The van der Waals surface area contributed by atoms with Gasteiger partial charge in [-0.15, -0.1) is 11.6 Å². The number of nitrogens with one attached hydrogen (secondary N) is 1. The first kappa shape index (κ1) is 18.4. The summed E-state index contributed by atoms with van der Waals surface area (Å²) in [7, 11) is 0. The molecular weight excluding hydrogens is 372 g/mol. The zero-order valence-electron chi connectivity index (χ0n) is 16.0. The van der Waals surface area contributed by atoms with Crippen LogP contribution in [0.4, 0.5) is 0 Å². The van der Waals surface area contributed by atoms with Crippen molar-refractivity contribution in [2.45, 2.75) is 68.9 Å². The van der Waals surface area contributed by atoms with E-state index < -0.39 is 0 Å². The van der Waals surface area contributed by atoms with Crippen LogP contribution in [-0.2, 0) is 5.41 Å². The molecule has 5 unspecified atom stereocenters. The molecule has 0 spiro atoms. The van der Waals surface area contributed by atoms with Gasteiger partial charge in [-0.1, -0.05) is 42.5 Å². The Bertz CT molecular complexity index is 716. The molecule has 5 aliphatic carbocycles. The van der Waals surface area contributed by atoms with Crippen LogP contribution in [0, 0.1) is 23.2 Å². The number of nitrogens with two attached hydrogens (primary N) is 1. The molecule has 146 valence electrons. The second-order valence-electron chi connectivity index (χ2n) is 9.94. The smallest absolute Gasteiger partial charge is 0.0792 e. The van der Waals surface area contributed by atoms with Crippen LogP contribution in [0.3, 0.4) is 0 Å². The fourth-order valence-corrected chi connectivity index (χ4v) is 8.29. The van der Waals surface area contributed by atoms with Crippen LogP contribution in [-0.4, -0.2) is 23.0 Å². The Balaban J connectivity index is 1.37. The molecule has 1 aromatic carbocycles. The molecule has 5 saturated carbocycles. The van der Waals surface area contributed by atoms with Gasteiger partial charge < -0.3 is 11.1 Å². The van der Waals surface area contributed by atoms with Gasteiger partial charge in [0.15, 0.2) is 0 Å². The highest BCUT2D eigenvalue weighted by Crippen LogP contribution is 2.73. The third kappa shape index (κ3) is 2.88. The van der Waals surface area contributed by atoms with Gasteiger partial charge in [0.1, 0.15) is 0 Å². The van der Waals surface area contributed by atoms with E-state index in [2.05, 4.69) is 35.6 Å². The van der Waals surface area contributed by atoms with Crippen molar-refractivity contribution < 1.29 is 0 Å². The van der Waals surface area contributed by atoms with Crippen LogP contribution in [0.1, 0.15) is 56.9 Å². The van der Waals surface area contributed by atoms with Crippen molar-refractivity contribution in [2.75, 3.05) is 5.88 Å². The molecule has 1 aromatic rings. The third-order valence-electron chi connectivity index (χ3n) is 8.42. The molecule has 0 amide bonds. The number of thiocarbonyl (C=S) groups is 1. The monoisotopic (exact) mass is 402 g/mol. The Morgan fingerprint density at radius 1 is 1.11 bits per heavy atom. The lowest BCUT2D eigenvalue weighted by Gasteiger charge is -2.43. The Morgan fingerprint density at radius 2 is 1.85 bits per heavy atom. The number of rotatable bonds is 4. The average Bonchev–Trinajstić information content (AvgIpc) is 3.06. The van der Waals surface area contributed by atoms with E-state index in [-0.39, 0.29) is 0 Å². The van der Waals surface area contributed by atoms with Gasteiger partial charge in [-0.25, -0.2) is 0 Å². The van der Waals surface area contributed by atoms with Crippen molar-refractivity contribution >= 4 is 28.8 Å². The second-order valence-corrected chi connectivity index (χ2v) is 10.7. The van der Waals surface area contributed by atoms with Gasteiger partial charge in [-0.2, -0.15) is 0 Å². The molecule has 5 fully saturated rings. The molecule has 6 rings (SSSR count). The van der Waals surface area contributed by atoms with Crippen molar-refractivity contribution in [3.05, 3.63) is 35.9 Å². The minimum atomic E-state index is 0.297. The highest BCUT2D eigenvalue weighted by atomic mass is 35.5. The van der Waals surface area contributed by atoms with E-state index in [4.69, 9.17) is 29.6 Å². The zero-order chi connectivity index (χ0) is 18.6. The largest absolute Gasteiger partial charge is 0.377 e. The van der Waals surface area contributed by atoms with E-state index in [0.29, 0.717) is 40.7 Å². The van der Waals surface area contributed by atoms with Crippen molar-refractivity contribution in [2.24, 2.45) is 28.9 Å². The van der Waals surface area contributed by atoms with E-state index in [9.17, 15) is 0 Å². The molecule has 27 heavy (non-hydrogen) atoms. The third-order valence-corrected chi connectivity index (χ3v) is 9.35. The lowest BCUT2D eigenvalue weighted by molar-refractivity contribution is 0.184. The average molecular weight is 403 g/mol. The van der Waals surface area contributed by atoms with Gasteiger partial charge in [0.25, 0.3) is 0 Å². The molecule has 5 aliphatic rings. The summed E-state index contributed by atoms with van der Waals surface area (Å²) in [5.41, 5.74) is 8.25. The molecule has 0 radical (unpaired) electrons. The number of alkyl halides is 1. The van der Waals surface area contributed by atoms with Crippen LogP contribution in [0.5, 0.6) is 0 Å². The SMILES string of the molecule is NC1CCC(NC(=S)C2C3CC4(c5ccccc5)CC2C(CCl)(C3)C4)CC1. The summed E-state index contributed by atoms with van der Waals surface area (Å²) in [6.07, 6.45) is 9.66. The molecule has 4 heteroatoms. The van der Waals surface area contributed by atoms with Gasteiger partial charge in [0.05, 0.1) is 4.99 Å². The van der Waals surface area contributed by atoms with E-state index >= 15 is 0 Å². The Morgan fingerprint density at radius 3 is 2.56 bits per heavy atom. The van der Waals surface area contributed by atoms with Crippen LogP contribution in [0.2, 0.25) is 0 Å². The summed E-state index contributed by atoms with van der Waals surface area (Å²) in [4.78, 5) is 1.14. The summed E-state index contributed by atoms with van der Waals surface area (Å²) in [5.74, 6) is 2.68. The second kappa shape index (κ2) is 6.71. The summed E-state index contributed by atoms with van der Waals surface area (Å²) in [6, 6.07) is 12.1. The Labute approximate surface area is 173 Å². The quantitative estimate of drug-likeness (QED) is 0.561. The molecule has 4 bridgehead atoms. The summed E-state index contributed by atoms with van der Waals surface area (Å²) < 4.78 is 0. The first-order valence-electron chi connectivity index (χ1n) is 10.7. The fraction of sp³-hybridized carbons (Fsp3) is 0.696. The molecule has 3 N–H and O–H groups in total. The summed E-state index contributed by atoms with van der Waals surface area (Å²) in [6.45, 7) is 0. The fourth-order valence-electron chi connectivity index (χ4n) is 7.37. The van der Waals surface area contributed by atoms with Gasteiger partial charge in [-0.3, -0.25) is 0 Å². The molecule has 0 saturated heterocycles. The maximum Gasteiger partial charge on any atom is 0.0792 e. The topological polar surface area (TPSA) is 38.0 Å². The van der Waals surface area contributed by atoms with Gasteiger partial charge in [-0.05, 0) is 79.6 Å². The number of hydrogen-bond acceptors (Lipinski definition) is 2. The summed E-state index contributed by atoms with van der Waals surface area (Å²) in [5, 5.41) is 3.78. The number of benzene rings is 1. The van der Waals surface area contributed by atoms with Crippen LogP contribution in [0.15, 0.2) is 30.3 Å². The predicted octanol–water partition coefficient (Wildman–Crippen LogP) is 4.79. The minimum absolute atomic E-state index is 0.297. The number of hydrogen-bond donors (Lipinski definition) is 2. The molecule has 0 heterocycles. The molecule has 2 nitrogen and oxygen atoms in total.